The molecule has 4 fully saturated rings. The molecule has 236 valence electrons. The molecule has 2 amide bonds. The summed E-state index contributed by atoms with van der Waals surface area (Å²) in [6.45, 7) is 13.9. The van der Waals surface area contributed by atoms with Crippen molar-refractivity contribution in [2.45, 2.75) is 103 Å². The number of anilines is 2. The number of likely N-dealkylation sites (N-methyl/N-ethyl adjacent to an activating group) is 1. The topological polar surface area (TPSA) is 123 Å². The minimum atomic E-state index is -0.855. The number of fused-ring (bicyclic) bond motifs is 2. The predicted molar refractivity (Wildman–Crippen MR) is 162 cm³/mol. The van der Waals surface area contributed by atoms with Crippen LogP contribution in [0, 0.1) is 11.7 Å². The lowest BCUT2D eigenvalue weighted by atomic mass is 9.78. The number of nitrogen functional groups attached to an aromatic ring is 1. The van der Waals surface area contributed by atoms with E-state index >= 15 is 4.39 Å². The van der Waals surface area contributed by atoms with Crippen LogP contribution in [0.15, 0.2) is 6.20 Å². The fourth-order valence-corrected chi connectivity index (χ4v) is 6.59. The second-order valence-electron chi connectivity index (χ2n) is 13.9. The van der Waals surface area contributed by atoms with Crippen molar-refractivity contribution in [1.29, 1.82) is 0 Å². The number of carbonyl (C=O) groups is 2. The highest BCUT2D eigenvalue weighted by Gasteiger charge is 2.59. The van der Waals surface area contributed by atoms with Crippen molar-refractivity contribution in [2.24, 2.45) is 5.92 Å². The third kappa shape index (κ3) is 6.00. The highest BCUT2D eigenvalue weighted by molar-refractivity contribution is 6.30. The van der Waals surface area contributed by atoms with Gasteiger partial charge in [-0.05, 0) is 81.3 Å². The Balaban J connectivity index is 1.63. The van der Waals surface area contributed by atoms with Crippen LogP contribution < -0.4 is 15.4 Å². The minimum absolute atomic E-state index is 0.0132. The van der Waals surface area contributed by atoms with Crippen molar-refractivity contribution in [1.82, 2.24) is 19.8 Å². The molecule has 3 saturated heterocycles. The summed E-state index contributed by atoms with van der Waals surface area (Å²) in [6, 6.07) is -0.770. The van der Waals surface area contributed by atoms with E-state index in [2.05, 4.69) is 14.9 Å². The van der Waals surface area contributed by atoms with Gasteiger partial charge in [-0.3, -0.25) is 9.80 Å². The maximum Gasteiger partial charge on any atom is 0.415 e. The van der Waals surface area contributed by atoms with E-state index in [0.29, 0.717) is 13.0 Å². The van der Waals surface area contributed by atoms with E-state index in [1.807, 2.05) is 14.0 Å². The van der Waals surface area contributed by atoms with Gasteiger partial charge < -0.3 is 24.8 Å². The molecule has 2 N–H and O–H groups in total. The summed E-state index contributed by atoms with van der Waals surface area (Å²) in [5.74, 6) is -0.958. The fraction of sp³-hybridized carbons (Fsp3) is 0.667. The van der Waals surface area contributed by atoms with Gasteiger partial charge in [-0.2, -0.15) is 0 Å². The van der Waals surface area contributed by atoms with Crippen LogP contribution >= 0.6 is 11.6 Å². The number of nitrogens with zero attached hydrogens (tertiary/aromatic N) is 5. The average molecular weight is 621 g/mol. The molecule has 3 aliphatic heterocycles. The minimum Gasteiger partial charge on any atom is -0.471 e. The van der Waals surface area contributed by atoms with E-state index in [9.17, 15) is 9.59 Å². The van der Waals surface area contributed by atoms with E-state index in [1.165, 1.54) is 11.1 Å². The largest absolute Gasteiger partial charge is 0.471 e. The van der Waals surface area contributed by atoms with Gasteiger partial charge in [0.05, 0.1) is 17.8 Å². The number of halogens is 2. The molecule has 1 saturated carbocycles. The molecule has 4 aliphatic rings. The van der Waals surface area contributed by atoms with Crippen LogP contribution in [0.5, 0.6) is 5.88 Å². The number of ether oxygens (including phenoxy) is 3. The second-order valence-corrected chi connectivity index (χ2v) is 14.2. The van der Waals surface area contributed by atoms with E-state index in [1.54, 1.807) is 46.4 Å². The lowest BCUT2D eigenvalue weighted by Gasteiger charge is -2.44. The molecule has 1 aliphatic carbocycles. The van der Waals surface area contributed by atoms with Gasteiger partial charge in [-0.25, -0.2) is 23.9 Å². The van der Waals surface area contributed by atoms with Crippen molar-refractivity contribution in [3.63, 3.8) is 0 Å². The Morgan fingerprint density at radius 3 is 2.47 bits per heavy atom. The van der Waals surface area contributed by atoms with Gasteiger partial charge in [0.1, 0.15) is 28.5 Å². The van der Waals surface area contributed by atoms with Gasteiger partial charge >= 0.3 is 12.2 Å². The summed E-state index contributed by atoms with van der Waals surface area (Å²) in [6.07, 6.45) is 2.49. The quantitative estimate of drug-likeness (QED) is 0.424. The molecule has 2 aromatic rings. The molecule has 2 bridgehead atoms. The van der Waals surface area contributed by atoms with E-state index in [0.717, 1.165) is 19.4 Å². The first-order chi connectivity index (χ1) is 20.0. The van der Waals surface area contributed by atoms with Crippen LogP contribution in [0.2, 0.25) is 5.15 Å². The van der Waals surface area contributed by atoms with Crippen LogP contribution in [0.3, 0.4) is 0 Å². The zero-order valence-electron chi connectivity index (χ0n) is 26.1. The van der Waals surface area contributed by atoms with Crippen molar-refractivity contribution >= 4 is 46.1 Å². The number of likely N-dealkylation sites (tertiary alicyclic amines) is 1. The molecule has 0 radical (unpaired) electrons. The molecule has 43 heavy (non-hydrogen) atoms. The number of pyridine rings is 2. The molecule has 4 unspecified atom stereocenters. The lowest BCUT2D eigenvalue weighted by Crippen LogP contribution is -2.59. The number of aromatic nitrogens is 2. The Kier molecular flexibility index (Phi) is 8.09. The number of carbonyl (C=O) groups excluding carboxylic acids is 2. The molecule has 5 heterocycles. The van der Waals surface area contributed by atoms with Crippen LogP contribution in [0.1, 0.15) is 67.7 Å². The van der Waals surface area contributed by atoms with E-state index in [-0.39, 0.29) is 57.4 Å². The van der Waals surface area contributed by atoms with Crippen LogP contribution in [-0.4, -0.2) is 87.5 Å². The number of hydrogen-bond donors (Lipinski definition) is 1. The Hall–Kier alpha value is -3.12. The molecular formula is C30H42ClFN6O5. The van der Waals surface area contributed by atoms with E-state index in [4.69, 9.17) is 31.5 Å². The molecule has 13 heteroatoms. The first-order valence-electron chi connectivity index (χ1n) is 14.8. The Morgan fingerprint density at radius 1 is 1.19 bits per heavy atom. The summed E-state index contributed by atoms with van der Waals surface area (Å²) >= 11 is 6.09. The predicted octanol–water partition coefficient (Wildman–Crippen LogP) is 5.62. The fourth-order valence-electron chi connectivity index (χ4n) is 6.45. The van der Waals surface area contributed by atoms with Crippen molar-refractivity contribution in [3.8, 4) is 5.88 Å². The summed E-state index contributed by atoms with van der Waals surface area (Å²) in [5.41, 5.74) is 5.33. The molecule has 6 rings (SSSR count). The average Bonchev–Trinajstić information content (AvgIpc) is 3.59. The Morgan fingerprint density at radius 2 is 1.86 bits per heavy atom. The molecule has 2 aromatic heterocycles. The third-order valence-corrected chi connectivity index (χ3v) is 8.60. The maximum absolute atomic E-state index is 15.5. The number of rotatable bonds is 5. The Bertz CT molecular complexity index is 1430. The smallest absolute Gasteiger partial charge is 0.415 e. The van der Waals surface area contributed by atoms with Gasteiger partial charge in [0.2, 0.25) is 5.88 Å². The monoisotopic (exact) mass is 620 g/mol. The second kappa shape index (κ2) is 11.1. The summed E-state index contributed by atoms with van der Waals surface area (Å²) < 4.78 is 33.4. The van der Waals surface area contributed by atoms with Crippen LogP contribution in [0.25, 0.3) is 10.9 Å². The first kappa shape index (κ1) is 31.3. The SMILES string of the molecule is CC(Oc1nc2c(F)c(Cl)ncc2c(N(C(=O)OC(C)(C)C)C2C3CC2N(C(=O)OC(C)(C)C)C3)c1N)[C@@H]1CCCN1C. The normalized spacial score (nSPS) is 24.6. The van der Waals surface area contributed by atoms with Crippen LogP contribution in [0.4, 0.5) is 25.4 Å². The number of hydrogen-bond acceptors (Lipinski definition) is 9. The highest BCUT2D eigenvalue weighted by Crippen LogP contribution is 2.50. The van der Waals surface area contributed by atoms with Gasteiger partial charge in [0.15, 0.2) is 11.0 Å². The number of nitrogens with two attached hydrogens (primary N) is 1. The zero-order chi connectivity index (χ0) is 31.6. The molecular weight excluding hydrogens is 579 g/mol. The third-order valence-electron chi connectivity index (χ3n) is 8.33. The highest BCUT2D eigenvalue weighted by atomic mass is 35.5. The standard InChI is InChI=1S/C30H42ClFN6O5/c1-15(18-10-9-11-36(18)8)41-26-21(33)24(17-13-34-25(31)20(32)22(17)35-26)38(28(40)43-30(5,6)7)23-16-12-19(23)37(14-16)27(39)42-29(2,3)4/h13,15-16,18-19,23H,9-12,14,33H2,1-8H3/t15?,16?,18-,19?,23?/m0/s1. The molecule has 11 nitrogen and oxygen atoms in total. The van der Waals surface area contributed by atoms with Crippen LogP contribution in [-0.2, 0) is 9.47 Å². The molecule has 0 spiro atoms. The summed E-state index contributed by atoms with van der Waals surface area (Å²) in [7, 11) is 2.03. The van der Waals surface area contributed by atoms with E-state index < -0.39 is 35.2 Å². The number of amides is 2. The lowest BCUT2D eigenvalue weighted by molar-refractivity contribution is 0.0216. The van der Waals surface area contributed by atoms with Gasteiger partial charge in [-0.1, -0.05) is 11.6 Å². The van der Waals surface area contributed by atoms with Gasteiger partial charge in [0, 0.05) is 30.1 Å². The zero-order valence-corrected chi connectivity index (χ0v) is 26.9. The van der Waals surface area contributed by atoms with Crippen molar-refractivity contribution in [3.05, 3.63) is 17.2 Å². The summed E-state index contributed by atoms with van der Waals surface area (Å²) in [5, 5.41) is -0.188. The van der Waals surface area contributed by atoms with Gasteiger partial charge in [-0.15, -0.1) is 0 Å². The van der Waals surface area contributed by atoms with Crippen molar-refractivity contribution < 1.29 is 28.2 Å². The molecule has 5 atom stereocenters. The molecule has 0 aromatic carbocycles. The summed E-state index contributed by atoms with van der Waals surface area (Å²) in [4.78, 5) is 40.9. The van der Waals surface area contributed by atoms with Crippen molar-refractivity contribution in [2.75, 3.05) is 30.8 Å². The van der Waals surface area contributed by atoms with Gasteiger partial charge in [0.25, 0.3) is 0 Å². The first-order valence-corrected chi connectivity index (χ1v) is 15.2. The Labute approximate surface area is 256 Å². The maximum atomic E-state index is 15.5.